The van der Waals surface area contributed by atoms with Crippen molar-refractivity contribution in [2.75, 3.05) is 44.3 Å². The number of carboxylic acids is 1. The van der Waals surface area contributed by atoms with E-state index in [9.17, 15) is 23.1 Å². The summed E-state index contributed by atoms with van der Waals surface area (Å²) in [4.78, 5) is 31.0. The Morgan fingerprint density at radius 3 is 2.37 bits per heavy atom. The van der Waals surface area contributed by atoms with Crippen LogP contribution in [0.2, 0.25) is 0 Å². The van der Waals surface area contributed by atoms with E-state index in [1.807, 2.05) is 0 Å². The number of hydrogen-bond donors (Lipinski definition) is 3. The molecular weight excluding hydrogens is 761 g/mol. The monoisotopic (exact) mass is 833 g/mol. The molecule has 1 unspecified atom stereocenters. The van der Waals surface area contributed by atoms with Crippen molar-refractivity contribution in [2.24, 2.45) is 62.4 Å². The molecule has 1 amide bonds. The number of nitrogens with two attached hydrogens (primary N) is 1. The third-order valence-electron chi connectivity index (χ3n) is 18.9. The predicted molar refractivity (Wildman–Crippen MR) is 232 cm³/mol. The van der Waals surface area contributed by atoms with E-state index in [-0.39, 0.29) is 45.4 Å². The zero-order chi connectivity index (χ0) is 42.2. The molecule has 0 radical (unpaired) electrons. The van der Waals surface area contributed by atoms with Crippen LogP contribution in [-0.2, 0) is 14.6 Å². The van der Waals surface area contributed by atoms with Crippen molar-refractivity contribution in [3.05, 3.63) is 47.2 Å². The maximum absolute atomic E-state index is 12.8. The molecule has 4 saturated carbocycles. The van der Waals surface area contributed by atoms with Crippen LogP contribution < -0.4 is 15.8 Å². The fourth-order valence-electron chi connectivity index (χ4n) is 15.5. The van der Waals surface area contributed by atoms with Gasteiger partial charge in [0.05, 0.1) is 11.5 Å². The lowest BCUT2D eigenvalue weighted by molar-refractivity contribution is -0.222. The average molecular weight is 833 g/mol. The Morgan fingerprint density at radius 2 is 1.69 bits per heavy atom. The van der Waals surface area contributed by atoms with E-state index < -0.39 is 27.1 Å². The van der Waals surface area contributed by atoms with Crippen LogP contribution in [0.15, 0.2) is 41.5 Å². The van der Waals surface area contributed by atoms with Crippen LogP contribution >= 0.6 is 0 Å². The number of rotatable bonds is 11. The third kappa shape index (κ3) is 7.03. The van der Waals surface area contributed by atoms with Gasteiger partial charge in [-0.15, -0.1) is 0 Å². The van der Waals surface area contributed by atoms with Crippen molar-refractivity contribution in [1.82, 2.24) is 15.2 Å². The second kappa shape index (κ2) is 15.2. The molecule has 1 aromatic heterocycles. The zero-order valence-electron chi connectivity index (χ0n) is 36.8. The number of ether oxygens (including phenoxy) is 1. The molecule has 326 valence electrons. The summed E-state index contributed by atoms with van der Waals surface area (Å²) in [5.41, 5.74) is 8.10. The minimum absolute atomic E-state index is 0.0195. The average Bonchev–Trinajstić information content (AvgIpc) is 3.57. The van der Waals surface area contributed by atoms with Crippen molar-refractivity contribution in [1.29, 1.82) is 0 Å². The SMILES string of the molecule is CC[C@@H]1CC[C@]2(NCCN3CCS(=O)(=O)CC3)CC[C@]3(C)[C@H](CC[C@@H]4[C@@]5(C)CC=C(C6=CCC(COc7cccc(C(N)=O)n7)(C(=O)O)CC6)C(C)(C)[C@@H]5CC[C@]43C)[C@@H]12. The number of carbonyl (C=O) groups excluding carboxylic acids is 1. The normalized spacial score (nSPS) is 41.3. The minimum atomic E-state index is -2.87. The highest BCUT2D eigenvalue weighted by Crippen LogP contribution is 2.76. The van der Waals surface area contributed by atoms with Crippen molar-refractivity contribution in [3.63, 3.8) is 0 Å². The maximum atomic E-state index is 12.8. The van der Waals surface area contributed by atoms with E-state index in [1.54, 1.807) is 12.1 Å². The van der Waals surface area contributed by atoms with Crippen LogP contribution in [0.3, 0.4) is 0 Å². The first kappa shape index (κ1) is 42.9. The number of allylic oxidation sites excluding steroid dienone is 4. The number of carbonyl (C=O) groups is 2. The molecule has 59 heavy (non-hydrogen) atoms. The molecule has 10 nitrogen and oxygen atoms in total. The molecule has 10 atom stereocenters. The van der Waals surface area contributed by atoms with Gasteiger partial charge in [-0.05, 0) is 146 Å². The van der Waals surface area contributed by atoms with E-state index in [1.165, 1.54) is 75.0 Å². The van der Waals surface area contributed by atoms with Gasteiger partial charge in [0.2, 0.25) is 5.88 Å². The lowest BCUT2D eigenvalue weighted by atomic mass is 9.33. The summed E-state index contributed by atoms with van der Waals surface area (Å²) in [5, 5.41) is 14.7. The molecule has 1 aliphatic heterocycles. The first-order valence-electron chi connectivity index (χ1n) is 23.0. The number of fused-ring (bicyclic) bond motifs is 7. The van der Waals surface area contributed by atoms with E-state index in [2.05, 4.69) is 68.9 Å². The van der Waals surface area contributed by atoms with Crippen molar-refractivity contribution >= 4 is 21.7 Å². The Bertz CT molecular complexity index is 1980. The van der Waals surface area contributed by atoms with Gasteiger partial charge in [-0.25, -0.2) is 13.4 Å². The lowest BCUT2D eigenvalue weighted by Gasteiger charge is -2.72. The van der Waals surface area contributed by atoms with Gasteiger partial charge in [0, 0.05) is 37.8 Å². The lowest BCUT2D eigenvalue weighted by Crippen LogP contribution is -2.68. The first-order chi connectivity index (χ1) is 27.8. The first-order valence-corrected chi connectivity index (χ1v) is 24.9. The topological polar surface area (TPSA) is 152 Å². The molecule has 1 aromatic rings. The Labute approximate surface area is 353 Å². The number of sulfone groups is 1. The summed E-state index contributed by atoms with van der Waals surface area (Å²) < 4.78 is 30.1. The fourth-order valence-corrected chi connectivity index (χ4v) is 16.7. The van der Waals surface area contributed by atoms with Gasteiger partial charge in [0.15, 0.2) is 9.84 Å². The number of amides is 1. The molecular formula is C48H72N4O6S. The Kier molecular flexibility index (Phi) is 11.1. The zero-order valence-corrected chi connectivity index (χ0v) is 37.6. The van der Waals surface area contributed by atoms with Crippen molar-refractivity contribution < 1.29 is 27.9 Å². The fraction of sp³-hybridized carbons (Fsp3) is 0.771. The van der Waals surface area contributed by atoms with Gasteiger partial charge in [0.25, 0.3) is 5.91 Å². The van der Waals surface area contributed by atoms with Gasteiger partial charge < -0.3 is 25.8 Å². The number of aliphatic carboxylic acids is 1. The number of primary amides is 1. The number of nitrogens with zero attached hydrogens (tertiary/aromatic N) is 2. The maximum Gasteiger partial charge on any atom is 0.313 e. The molecule has 0 aromatic carbocycles. The Morgan fingerprint density at radius 1 is 0.932 bits per heavy atom. The smallest absolute Gasteiger partial charge is 0.313 e. The highest BCUT2D eigenvalue weighted by Gasteiger charge is 2.70. The molecule has 8 rings (SSSR count). The van der Waals surface area contributed by atoms with Crippen LogP contribution in [0.4, 0.5) is 0 Å². The number of carboxylic acid groups (broad SMARTS) is 1. The quantitative estimate of drug-likeness (QED) is 0.203. The highest BCUT2D eigenvalue weighted by atomic mass is 32.2. The van der Waals surface area contributed by atoms with Gasteiger partial charge in [-0.1, -0.05) is 66.2 Å². The summed E-state index contributed by atoms with van der Waals surface area (Å²) in [6, 6.07) is 4.80. The predicted octanol–water partition coefficient (Wildman–Crippen LogP) is 7.84. The summed E-state index contributed by atoms with van der Waals surface area (Å²) >= 11 is 0. The van der Waals surface area contributed by atoms with Crippen LogP contribution in [0.25, 0.3) is 0 Å². The molecule has 4 N–H and O–H groups in total. The van der Waals surface area contributed by atoms with Crippen LogP contribution in [0, 0.1) is 56.7 Å². The summed E-state index contributed by atoms with van der Waals surface area (Å²) in [7, 11) is -2.87. The molecule has 0 bridgehead atoms. The number of pyridine rings is 1. The second-order valence-corrected chi connectivity index (χ2v) is 23.9. The summed E-state index contributed by atoms with van der Waals surface area (Å²) in [6.07, 6.45) is 18.9. The van der Waals surface area contributed by atoms with Crippen molar-refractivity contribution in [3.8, 4) is 5.88 Å². The molecule has 5 fully saturated rings. The van der Waals surface area contributed by atoms with Gasteiger partial charge >= 0.3 is 5.97 Å². The van der Waals surface area contributed by atoms with Crippen molar-refractivity contribution in [2.45, 2.75) is 131 Å². The minimum Gasteiger partial charge on any atom is -0.481 e. The van der Waals surface area contributed by atoms with E-state index in [4.69, 9.17) is 10.5 Å². The number of aromatic nitrogens is 1. The molecule has 2 heterocycles. The van der Waals surface area contributed by atoms with Crippen LogP contribution in [-0.4, -0.2) is 85.1 Å². The highest BCUT2D eigenvalue weighted by molar-refractivity contribution is 7.91. The molecule has 11 heteroatoms. The summed E-state index contributed by atoms with van der Waals surface area (Å²) in [5.74, 6) is 2.67. The summed E-state index contributed by atoms with van der Waals surface area (Å²) in [6.45, 7) is 18.7. The Balaban J connectivity index is 0.989. The molecule has 6 aliphatic carbocycles. The van der Waals surface area contributed by atoms with Gasteiger partial charge in [-0.3, -0.25) is 9.59 Å². The van der Waals surface area contributed by atoms with Crippen LogP contribution in [0.5, 0.6) is 5.88 Å². The molecule has 1 saturated heterocycles. The van der Waals surface area contributed by atoms with Gasteiger partial charge in [0.1, 0.15) is 17.7 Å². The standard InChI is InChI=1S/C48H72N4O6S/c1-7-32-15-22-48(50-25-26-52-27-29-59(56,57)30-28-52)24-23-45(5)35(40(32)48)11-12-38-44(4)18-16-34(43(2,3)37(44)17-19-46(38,45)6)33-13-20-47(21-14-33,42(54)55)31-58-39-10-8-9-36(51-39)41(49)53/h8-10,13,16,32,35,37-38,40,50H,7,11-12,14-15,17-31H2,1-6H3,(H2,49,53)(H,54,55)/t32-,35-,37+,38-,40-,44+,45-,46-,47?,48+/m1/s1. The number of hydrogen-bond acceptors (Lipinski definition) is 8. The Hall–Kier alpha value is -2.76. The molecule has 0 spiro atoms. The van der Waals surface area contributed by atoms with E-state index in [0.29, 0.717) is 67.5 Å². The number of nitrogens with one attached hydrogen (secondary N) is 1. The largest absolute Gasteiger partial charge is 0.481 e. The van der Waals surface area contributed by atoms with Gasteiger partial charge in [-0.2, -0.15) is 0 Å². The third-order valence-corrected chi connectivity index (χ3v) is 20.5. The molecule has 7 aliphatic rings. The van der Waals surface area contributed by atoms with E-state index in [0.717, 1.165) is 25.4 Å². The van der Waals surface area contributed by atoms with E-state index >= 15 is 0 Å². The second-order valence-electron chi connectivity index (χ2n) is 21.6. The van der Waals surface area contributed by atoms with Crippen LogP contribution in [0.1, 0.15) is 136 Å².